The Labute approximate surface area is 76.6 Å². The predicted molar refractivity (Wildman–Crippen MR) is 52.0 cm³/mol. The van der Waals surface area contributed by atoms with Crippen molar-refractivity contribution >= 4 is 5.69 Å². The van der Waals surface area contributed by atoms with Gasteiger partial charge in [-0.1, -0.05) is 0 Å². The highest BCUT2D eigenvalue weighted by Crippen LogP contribution is 2.06. The summed E-state index contributed by atoms with van der Waals surface area (Å²) in [6, 6.07) is 3.91. The molecule has 4 nitrogen and oxygen atoms in total. The van der Waals surface area contributed by atoms with Crippen molar-refractivity contribution in [3.8, 4) is 0 Å². The Kier molecular flexibility index (Phi) is 2.06. The third kappa shape index (κ3) is 1.72. The zero-order valence-corrected chi connectivity index (χ0v) is 7.58. The first-order valence-electron chi connectivity index (χ1n) is 4.39. The van der Waals surface area contributed by atoms with E-state index in [9.17, 15) is 4.79 Å². The summed E-state index contributed by atoms with van der Waals surface area (Å²) in [5, 5.41) is 6.50. The number of aryl methyl sites for hydroxylation is 1. The smallest absolute Gasteiger partial charge is 0.250 e. The second-order valence-corrected chi connectivity index (χ2v) is 3.37. The minimum atomic E-state index is 0.0253. The van der Waals surface area contributed by atoms with E-state index in [4.69, 9.17) is 0 Å². The van der Waals surface area contributed by atoms with Gasteiger partial charge in [0.05, 0.1) is 11.7 Å². The maximum absolute atomic E-state index is 11.1. The summed E-state index contributed by atoms with van der Waals surface area (Å²) >= 11 is 0. The molecule has 0 radical (unpaired) electrons. The molecule has 4 heteroatoms. The number of anilines is 1. The summed E-state index contributed by atoms with van der Waals surface area (Å²) < 4.78 is 1.58. The number of hydrogen-bond acceptors (Lipinski definition) is 3. The molecule has 1 aliphatic rings. The summed E-state index contributed by atoms with van der Waals surface area (Å²) in [5.74, 6) is 0. The first-order valence-corrected chi connectivity index (χ1v) is 4.39. The topological polar surface area (TPSA) is 46.1 Å². The molecule has 0 amide bonds. The van der Waals surface area contributed by atoms with Crippen LogP contribution < -0.4 is 16.2 Å². The molecule has 1 saturated heterocycles. The fraction of sp³-hybridized carbons (Fsp3) is 0.444. The van der Waals surface area contributed by atoms with E-state index in [1.165, 1.54) is 0 Å². The van der Waals surface area contributed by atoms with Gasteiger partial charge in [0.1, 0.15) is 0 Å². The van der Waals surface area contributed by atoms with Gasteiger partial charge in [0.15, 0.2) is 0 Å². The van der Waals surface area contributed by atoms with Crippen molar-refractivity contribution in [2.45, 2.75) is 6.04 Å². The van der Waals surface area contributed by atoms with Crippen LogP contribution in [0.15, 0.2) is 23.1 Å². The van der Waals surface area contributed by atoms with Crippen LogP contribution in [0.1, 0.15) is 0 Å². The molecule has 0 unspecified atom stereocenters. The molecule has 2 rings (SSSR count). The molecule has 1 aromatic rings. The van der Waals surface area contributed by atoms with Crippen molar-refractivity contribution in [3.05, 3.63) is 28.7 Å². The lowest BCUT2D eigenvalue weighted by molar-refractivity contribution is 0.472. The summed E-state index contributed by atoms with van der Waals surface area (Å²) in [4.78, 5) is 11.1. The van der Waals surface area contributed by atoms with Crippen LogP contribution in [0.4, 0.5) is 5.69 Å². The summed E-state index contributed by atoms with van der Waals surface area (Å²) in [5.41, 5.74) is 1.03. The third-order valence-corrected chi connectivity index (χ3v) is 2.24. The Hall–Kier alpha value is -1.29. The van der Waals surface area contributed by atoms with Gasteiger partial charge in [-0.2, -0.15) is 0 Å². The normalized spacial score (nSPS) is 16.7. The molecule has 0 saturated carbocycles. The number of aromatic nitrogens is 1. The Morgan fingerprint density at radius 3 is 2.85 bits per heavy atom. The number of hydrogen-bond donors (Lipinski definition) is 2. The molecular formula is C9H13N3O. The molecule has 0 aromatic carbocycles. The van der Waals surface area contributed by atoms with Gasteiger partial charge >= 0.3 is 0 Å². The van der Waals surface area contributed by atoms with Crippen LogP contribution in [0.25, 0.3) is 0 Å². The molecule has 1 aromatic heterocycles. The van der Waals surface area contributed by atoms with Crippen molar-refractivity contribution in [1.82, 2.24) is 9.88 Å². The average Bonchev–Trinajstić information content (AvgIpc) is 2.04. The minimum absolute atomic E-state index is 0.0253. The maximum Gasteiger partial charge on any atom is 0.250 e. The number of nitrogens with one attached hydrogen (secondary N) is 2. The van der Waals surface area contributed by atoms with E-state index in [1.807, 2.05) is 12.3 Å². The number of nitrogens with zero attached hydrogens (tertiary/aromatic N) is 1. The number of rotatable bonds is 2. The molecule has 0 bridgehead atoms. The molecule has 0 aliphatic carbocycles. The van der Waals surface area contributed by atoms with Crippen LogP contribution in [0, 0.1) is 0 Å². The largest absolute Gasteiger partial charge is 0.379 e. The van der Waals surface area contributed by atoms with E-state index in [2.05, 4.69) is 10.6 Å². The first kappa shape index (κ1) is 8.31. The van der Waals surface area contributed by atoms with Crippen molar-refractivity contribution in [1.29, 1.82) is 0 Å². The van der Waals surface area contributed by atoms with Crippen LogP contribution in [0.5, 0.6) is 0 Å². The SMILES string of the molecule is Cn1cc(NC2CNC2)ccc1=O. The maximum atomic E-state index is 11.1. The second kappa shape index (κ2) is 3.22. The van der Waals surface area contributed by atoms with E-state index in [-0.39, 0.29) is 5.56 Å². The molecule has 2 heterocycles. The monoisotopic (exact) mass is 179 g/mol. The Morgan fingerprint density at radius 2 is 2.31 bits per heavy atom. The average molecular weight is 179 g/mol. The van der Waals surface area contributed by atoms with E-state index in [1.54, 1.807) is 17.7 Å². The number of pyridine rings is 1. The van der Waals surface area contributed by atoms with Crippen molar-refractivity contribution in [3.63, 3.8) is 0 Å². The van der Waals surface area contributed by atoms with Gasteiger partial charge < -0.3 is 15.2 Å². The van der Waals surface area contributed by atoms with Crippen molar-refractivity contribution in [2.75, 3.05) is 18.4 Å². The first-order chi connectivity index (χ1) is 6.25. The molecule has 0 atom stereocenters. The van der Waals surface area contributed by atoms with E-state index >= 15 is 0 Å². The summed E-state index contributed by atoms with van der Waals surface area (Å²) in [6.07, 6.45) is 1.82. The van der Waals surface area contributed by atoms with E-state index in [0.717, 1.165) is 18.8 Å². The fourth-order valence-corrected chi connectivity index (χ4v) is 1.31. The quantitative estimate of drug-likeness (QED) is 0.659. The van der Waals surface area contributed by atoms with Gasteiger partial charge in [-0.3, -0.25) is 4.79 Å². The molecule has 2 N–H and O–H groups in total. The minimum Gasteiger partial charge on any atom is -0.379 e. The second-order valence-electron chi connectivity index (χ2n) is 3.37. The molecule has 13 heavy (non-hydrogen) atoms. The van der Waals surface area contributed by atoms with Crippen molar-refractivity contribution in [2.24, 2.45) is 7.05 Å². The predicted octanol–water partition coefficient (Wildman–Crippen LogP) is -0.231. The van der Waals surface area contributed by atoms with Crippen LogP contribution >= 0.6 is 0 Å². The lowest BCUT2D eigenvalue weighted by atomic mass is 10.2. The standard InChI is InChI=1S/C9H13N3O/c1-12-6-7(2-3-9(12)13)11-8-4-10-5-8/h2-3,6,8,10-11H,4-5H2,1H3. The fourth-order valence-electron chi connectivity index (χ4n) is 1.31. The highest BCUT2D eigenvalue weighted by atomic mass is 16.1. The summed E-state index contributed by atoms with van der Waals surface area (Å²) in [6.45, 7) is 2.01. The molecular weight excluding hydrogens is 166 g/mol. The van der Waals surface area contributed by atoms with Gasteiger partial charge in [0.25, 0.3) is 0 Å². The third-order valence-electron chi connectivity index (χ3n) is 2.24. The zero-order valence-electron chi connectivity index (χ0n) is 7.58. The van der Waals surface area contributed by atoms with Gasteiger partial charge in [0.2, 0.25) is 5.56 Å². The zero-order chi connectivity index (χ0) is 9.26. The Morgan fingerprint density at radius 1 is 1.54 bits per heavy atom. The molecule has 70 valence electrons. The van der Waals surface area contributed by atoms with Gasteiger partial charge in [-0.15, -0.1) is 0 Å². The van der Waals surface area contributed by atoms with Gasteiger partial charge in [-0.05, 0) is 6.07 Å². The lowest BCUT2D eigenvalue weighted by Crippen LogP contribution is -2.51. The lowest BCUT2D eigenvalue weighted by Gasteiger charge is -2.28. The Balaban J connectivity index is 2.11. The van der Waals surface area contributed by atoms with Crippen LogP contribution in [0.3, 0.4) is 0 Å². The van der Waals surface area contributed by atoms with Crippen molar-refractivity contribution < 1.29 is 0 Å². The highest BCUT2D eigenvalue weighted by Gasteiger charge is 2.15. The van der Waals surface area contributed by atoms with Crippen LogP contribution in [-0.4, -0.2) is 23.7 Å². The molecule has 1 fully saturated rings. The molecule has 1 aliphatic heterocycles. The highest BCUT2D eigenvalue weighted by molar-refractivity contribution is 5.42. The van der Waals surface area contributed by atoms with Crippen LogP contribution in [0.2, 0.25) is 0 Å². The summed E-state index contributed by atoms with van der Waals surface area (Å²) in [7, 11) is 1.76. The van der Waals surface area contributed by atoms with Crippen LogP contribution in [-0.2, 0) is 7.05 Å². The van der Waals surface area contributed by atoms with Gasteiger partial charge in [0, 0.05) is 32.4 Å². The molecule has 0 spiro atoms. The van der Waals surface area contributed by atoms with E-state index < -0.39 is 0 Å². The Bertz CT molecular complexity index is 354. The van der Waals surface area contributed by atoms with E-state index in [0.29, 0.717) is 6.04 Å². The van der Waals surface area contributed by atoms with Gasteiger partial charge in [-0.25, -0.2) is 0 Å².